The molecule has 0 bridgehead atoms. The fourth-order valence-corrected chi connectivity index (χ4v) is 3.65. The highest BCUT2D eigenvalue weighted by atomic mass is 32.2. The molecule has 1 saturated carbocycles. The Morgan fingerprint density at radius 2 is 2.19 bits per heavy atom. The first-order valence-electron chi connectivity index (χ1n) is 7.62. The average Bonchev–Trinajstić information content (AvgIpc) is 3.24. The second kappa shape index (κ2) is 7.22. The Balaban J connectivity index is 1.44. The first-order valence-corrected chi connectivity index (χ1v) is 8.60. The minimum atomic E-state index is 0.0106. The number of carbonyl (C=O) groups excluding carboxylic acids is 1. The minimum absolute atomic E-state index is 0.0106. The van der Waals surface area contributed by atoms with Crippen LogP contribution in [0.5, 0.6) is 0 Å². The number of thioether (sulfide) groups is 1. The van der Waals surface area contributed by atoms with Crippen molar-refractivity contribution in [3.63, 3.8) is 0 Å². The number of carbonyl (C=O) groups is 1. The van der Waals surface area contributed by atoms with Crippen LogP contribution >= 0.6 is 11.8 Å². The van der Waals surface area contributed by atoms with E-state index in [9.17, 15) is 4.79 Å². The Labute approximate surface area is 128 Å². The van der Waals surface area contributed by atoms with Crippen LogP contribution in [0.2, 0.25) is 0 Å². The Morgan fingerprint density at radius 3 is 2.95 bits per heavy atom. The fourth-order valence-electron chi connectivity index (χ4n) is 2.87. The zero-order chi connectivity index (χ0) is 14.5. The smallest absolute Gasteiger partial charge is 0.230 e. The summed E-state index contributed by atoms with van der Waals surface area (Å²) in [5.74, 6) is 0.358. The van der Waals surface area contributed by atoms with Crippen LogP contribution < -0.4 is 5.32 Å². The van der Waals surface area contributed by atoms with Crippen molar-refractivity contribution >= 4 is 17.7 Å². The highest BCUT2D eigenvalue weighted by Gasteiger charge is 2.22. The van der Waals surface area contributed by atoms with E-state index in [0.717, 1.165) is 37.4 Å². The van der Waals surface area contributed by atoms with Gasteiger partial charge in [0.15, 0.2) is 0 Å². The van der Waals surface area contributed by atoms with Crippen LogP contribution in [0.15, 0.2) is 5.16 Å². The second-order valence-electron chi connectivity index (χ2n) is 5.57. The molecule has 1 aliphatic heterocycles. The predicted molar refractivity (Wildman–Crippen MR) is 78.0 cm³/mol. The molecule has 1 saturated heterocycles. The van der Waals surface area contributed by atoms with E-state index in [2.05, 4.69) is 20.8 Å². The van der Waals surface area contributed by atoms with Crippen molar-refractivity contribution in [2.24, 2.45) is 0 Å². The number of nitrogens with one attached hydrogen (secondary N) is 1. The first kappa shape index (κ1) is 14.8. The molecule has 1 unspecified atom stereocenters. The Morgan fingerprint density at radius 1 is 1.33 bits per heavy atom. The van der Waals surface area contributed by atoms with E-state index in [0.29, 0.717) is 18.3 Å². The molecule has 2 fully saturated rings. The molecule has 1 aliphatic carbocycles. The van der Waals surface area contributed by atoms with Crippen molar-refractivity contribution in [1.82, 2.24) is 25.5 Å². The summed E-state index contributed by atoms with van der Waals surface area (Å²) in [5, 5.41) is 15.5. The van der Waals surface area contributed by atoms with E-state index in [-0.39, 0.29) is 12.0 Å². The quantitative estimate of drug-likeness (QED) is 0.794. The van der Waals surface area contributed by atoms with Gasteiger partial charge in [-0.1, -0.05) is 24.6 Å². The Bertz CT molecular complexity index is 469. The predicted octanol–water partition coefficient (Wildman–Crippen LogP) is 1.18. The number of ether oxygens (including phenoxy) is 1. The van der Waals surface area contributed by atoms with Gasteiger partial charge < -0.3 is 10.1 Å². The average molecular weight is 311 g/mol. The largest absolute Gasteiger partial charge is 0.376 e. The van der Waals surface area contributed by atoms with Gasteiger partial charge in [-0.25, -0.2) is 4.68 Å². The maximum Gasteiger partial charge on any atom is 0.230 e. The van der Waals surface area contributed by atoms with Gasteiger partial charge in [0.25, 0.3) is 0 Å². The third-order valence-corrected chi connectivity index (χ3v) is 4.95. The van der Waals surface area contributed by atoms with Gasteiger partial charge in [0, 0.05) is 13.2 Å². The molecular weight excluding hydrogens is 290 g/mol. The van der Waals surface area contributed by atoms with Gasteiger partial charge in [-0.05, 0) is 36.1 Å². The standard InChI is InChI=1S/C13H21N5O2S/c19-12(14-8-11-6-3-7-20-11)9-21-13-15-16-17-18(13)10-4-1-2-5-10/h10-11H,1-9H2,(H,14,19). The van der Waals surface area contributed by atoms with Gasteiger partial charge in [-0.3, -0.25) is 4.79 Å². The van der Waals surface area contributed by atoms with E-state index in [1.165, 1.54) is 24.6 Å². The molecule has 1 atom stereocenters. The lowest BCUT2D eigenvalue weighted by atomic mass is 10.2. The summed E-state index contributed by atoms with van der Waals surface area (Å²) in [6.45, 7) is 1.42. The van der Waals surface area contributed by atoms with Gasteiger partial charge in [-0.15, -0.1) is 5.10 Å². The van der Waals surface area contributed by atoms with E-state index >= 15 is 0 Å². The van der Waals surface area contributed by atoms with Gasteiger partial charge in [0.05, 0.1) is 17.9 Å². The Hall–Kier alpha value is -1.15. The molecule has 21 heavy (non-hydrogen) atoms. The van der Waals surface area contributed by atoms with Crippen LogP contribution in [0.25, 0.3) is 0 Å². The molecule has 0 spiro atoms. The number of amides is 1. The van der Waals surface area contributed by atoms with Crippen LogP contribution in [-0.2, 0) is 9.53 Å². The number of nitrogens with zero attached hydrogens (tertiary/aromatic N) is 4. The van der Waals surface area contributed by atoms with Gasteiger partial charge >= 0.3 is 0 Å². The summed E-state index contributed by atoms with van der Waals surface area (Å²) in [7, 11) is 0. The van der Waals surface area contributed by atoms with Crippen LogP contribution in [-0.4, -0.2) is 51.1 Å². The normalized spacial score (nSPS) is 22.8. The highest BCUT2D eigenvalue weighted by molar-refractivity contribution is 7.99. The number of hydrogen-bond acceptors (Lipinski definition) is 6. The number of aromatic nitrogens is 4. The Kier molecular flexibility index (Phi) is 5.08. The number of hydrogen-bond donors (Lipinski definition) is 1. The SMILES string of the molecule is O=C(CSc1nnnn1C1CCCC1)NCC1CCCO1. The summed E-state index contributed by atoms with van der Waals surface area (Å²) < 4.78 is 7.36. The van der Waals surface area contributed by atoms with Gasteiger partial charge in [0.2, 0.25) is 11.1 Å². The summed E-state index contributed by atoms with van der Waals surface area (Å²) in [4.78, 5) is 11.9. The molecule has 1 amide bonds. The fraction of sp³-hybridized carbons (Fsp3) is 0.846. The molecule has 2 aliphatic rings. The van der Waals surface area contributed by atoms with Crippen LogP contribution in [0.3, 0.4) is 0 Å². The lowest BCUT2D eigenvalue weighted by molar-refractivity contribution is -0.119. The van der Waals surface area contributed by atoms with Crippen molar-refractivity contribution in [1.29, 1.82) is 0 Å². The van der Waals surface area contributed by atoms with E-state index in [1.807, 2.05) is 4.68 Å². The lowest BCUT2D eigenvalue weighted by Gasteiger charge is -2.12. The summed E-state index contributed by atoms with van der Waals surface area (Å²) >= 11 is 1.41. The zero-order valence-electron chi connectivity index (χ0n) is 12.0. The molecule has 2 heterocycles. The maximum atomic E-state index is 11.9. The van der Waals surface area contributed by atoms with Crippen molar-refractivity contribution < 1.29 is 9.53 Å². The molecule has 1 aromatic heterocycles. The summed E-state index contributed by atoms with van der Waals surface area (Å²) in [5.41, 5.74) is 0. The number of tetrazole rings is 1. The number of rotatable bonds is 6. The van der Waals surface area contributed by atoms with E-state index < -0.39 is 0 Å². The summed E-state index contributed by atoms with van der Waals surface area (Å²) in [6, 6.07) is 0.400. The molecule has 0 aromatic carbocycles. The molecular formula is C13H21N5O2S. The lowest BCUT2D eigenvalue weighted by Crippen LogP contribution is -2.33. The third kappa shape index (κ3) is 3.94. The van der Waals surface area contributed by atoms with Crippen molar-refractivity contribution in [3.05, 3.63) is 0 Å². The summed E-state index contributed by atoms with van der Waals surface area (Å²) in [6.07, 6.45) is 7.03. The molecule has 0 radical (unpaired) electrons. The van der Waals surface area contributed by atoms with Crippen LogP contribution in [0.1, 0.15) is 44.6 Å². The monoisotopic (exact) mass is 311 g/mol. The third-order valence-electron chi connectivity index (χ3n) is 4.02. The van der Waals surface area contributed by atoms with Crippen molar-refractivity contribution in [2.75, 3.05) is 18.9 Å². The topological polar surface area (TPSA) is 81.9 Å². The van der Waals surface area contributed by atoms with Crippen molar-refractivity contribution in [2.45, 2.75) is 55.8 Å². The van der Waals surface area contributed by atoms with Gasteiger partial charge in [-0.2, -0.15) is 0 Å². The molecule has 116 valence electrons. The second-order valence-corrected chi connectivity index (χ2v) is 6.51. The van der Waals surface area contributed by atoms with Gasteiger partial charge in [0.1, 0.15) is 0 Å². The molecule has 8 heteroatoms. The van der Waals surface area contributed by atoms with Crippen LogP contribution in [0.4, 0.5) is 0 Å². The molecule has 3 rings (SSSR count). The van der Waals surface area contributed by atoms with E-state index in [4.69, 9.17) is 4.74 Å². The first-order chi connectivity index (χ1) is 10.3. The van der Waals surface area contributed by atoms with E-state index in [1.54, 1.807) is 0 Å². The molecule has 7 nitrogen and oxygen atoms in total. The van der Waals surface area contributed by atoms with Crippen LogP contribution in [0, 0.1) is 0 Å². The minimum Gasteiger partial charge on any atom is -0.376 e. The maximum absolute atomic E-state index is 11.9. The molecule has 1 N–H and O–H groups in total. The highest BCUT2D eigenvalue weighted by Crippen LogP contribution is 2.31. The zero-order valence-corrected chi connectivity index (χ0v) is 12.8. The van der Waals surface area contributed by atoms with Crippen molar-refractivity contribution in [3.8, 4) is 0 Å². The molecule has 1 aromatic rings.